The molecule has 9 nitrogen and oxygen atoms in total. The number of ether oxygens (including phenoxy) is 2. The van der Waals surface area contributed by atoms with Crippen molar-refractivity contribution >= 4 is 18.2 Å². The molecule has 0 radical (unpaired) electrons. The molecule has 5 N–H and O–H groups in total. The number of aldehydes is 1. The van der Waals surface area contributed by atoms with Crippen LogP contribution in [0.2, 0.25) is 0 Å². The van der Waals surface area contributed by atoms with Crippen molar-refractivity contribution in [1.29, 1.82) is 0 Å². The van der Waals surface area contributed by atoms with Crippen molar-refractivity contribution < 1.29 is 29.3 Å². The molecule has 0 aliphatic carbocycles. The van der Waals surface area contributed by atoms with E-state index in [1.807, 2.05) is 0 Å². The van der Waals surface area contributed by atoms with E-state index in [9.17, 15) is 19.8 Å². The Bertz CT molecular complexity index is 756. The molecule has 0 spiro atoms. The van der Waals surface area contributed by atoms with Crippen LogP contribution < -0.4 is 15.8 Å². The van der Waals surface area contributed by atoms with Crippen molar-refractivity contribution in [1.82, 2.24) is 5.32 Å². The predicted octanol–water partition coefficient (Wildman–Crippen LogP) is 2.32. The second-order valence-electron chi connectivity index (χ2n) is 8.11. The van der Waals surface area contributed by atoms with Gasteiger partial charge in [0, 0.05) is 33.4 Å². The molecule has 1 rings (SSSR count). The van der Waals surface area contributed by atoms with Crippen LogP contribution in [-0.2, 0) is 20.7 Å². The summed E-state index contributed by atoms with van der Waals surface area (Å²) in [5.41, 5.74) is 6.57. The van der Waals surface area contributed by atoms with Gasteiger partial charge in [0.2, 0.25) is 0 Å². The molecule has 0 fully saturated rings. The number of carbonyl (C=O) groups excluding carboxylic acids is 2. The number of aliphatic hydroxyl groups is 1. The van der Waals surface area contributed by atoms with Crippen LogP contribution >= 0.6 is 0 Å². The van der Waals surface area contributed by atoms with Crippen molar-refractivity contribution in [2.24, 2.45) is 16.6 Å². The van der Waals surface area contributed by atoms with Gasteiger partial charge in [-0.2, -0.15) is 0 Å². The second-order valence-corrected chi connectivity index (χ2v) is 8.11. The van der Waals surface area contributed by atoms with Crippen molar-refractivity contribution in [2.45, 2.75) is 71.0 Å². The number of hydrogen-bond donors (Lipinski definition) is 4. The zero-order chi connectivity index (χ0) is 24.6. The van der Waals surface area contributed by atoms with Gasteiger partial charge in [-0.3, -0.25) is 9.79 Å². The van der Waals surface area contributed by atoms with Crippen LogP contribution in [0.15, 0.2) is 23.2 Å². The van der Waals surface area contributed by atoms with Crippen molar-refractivity contribution in [3.8, 4) is 11.5 Å². The number of nitrogens with zero attached hydrogens (tertiary/aromatic N) is 1. The van der Waals surface area contributed by atoms with E-state index < -0.39 is 12.2 Å². The van der Waals surface area contributed by atoms with E-state index in [0.717, 1.165) is 24.7 Å². The highest BCUT2D eigenvalue weighted by molar-refractivity contribution is 5.77. The van der Waals surface area contributed by atoms with Gasteiger partial charge < -0.3 is 35.5 Å². The number of rotatable bonds is 16. The number of benzene rings is 1. The van der Waals surface area contributed by atoms with Gasteiger partial charge in [0.15, 0.2) is 17.5 Å². The third kappa shape index (κ3) is 12.1. The molecule has 9 heteroatoms. The molecule has 186 valence electrons. The summed E-state index contributed by atoms with van der Waals surface area (Å²) in [7, 11) is 1.63. The maximum absolute atomic E-state index is 11.6. The van der Waals surface area contributed by atoms with Crippen LogP contribution in [0.3, 0.4) is 0 Å². The fraction of sp³-hybridized carbons (Fsp3) is 0.625. The predicted molar refractivity (Wildman–Crippen MR) is 127 cm³/mol. The Morgan fingerprint density at radius 3 is 2.70 bits per heavy atom. The maximum atomic E-state index is 11.6. The van der Waals surface area contributed by atoms with Crippen molar-refractivity contribution in [3.05, 3.63) is 23.8 Å². The first-order chi connectivity index (χ1) is 15.8. The summed E-state index contributed by atoms with van der Waals surface area (Å²) in [6.07, 6.45) is 3.78. The Morgan fingerprint density at radius 2 is 2.06 bits per heavy atom. The number of aryl methyl sites for hydroxylation is 1. The van der Waals surface area contributed by atoms with Gasteiger partial charge in [0.05, 0.1) is 12.7 Å². The Labute approximate surface area is 196 Å². The molecule has 33 heavy (non-hydrogen) atoms. The molecule has 0 heterocycles. The average Bonchev–Trinajstić information content (AvgIpc) is 2.78. The first-order valence-corrected chi connectivity index (χ1v) is 11.5. The molecule has 3 atom stereocenters. The van der Waals surface area contributed by atoms with Gasteiger partial charge in [-0.25, -0.2) is 0 Å². The van der Waals surface area contributed by atoms with Crippen molar-refractivity contribution in [3.63, 3.8) is 0 Å². The van der Waals surface area contributed by atoms with Crippen molar-refractivity contribution in [2.75, 3.05) is 20.2 Å². The number of aliphatic hydroxyl groups excluding tert-OH is 1. The first kappa shape index (κ1) is 28.2. The molecular weight excluding hydrogens is 426 g/mol. The van der Waals surface area contributed by atoms with Crippen LogP contribution in [-0.4, -0.2) is 60.8 Å². The van der Waals surface area contributed by atoms with Gasteiger partial charge >= 0.3 is 5.97 Å². The fourth-order valence-corrected chi connectivity index (χ4v) is 3.46. The minimum atomic E-state index is -0.595. The summed E-state index contributed by atoms with van der Waals surface area (Å²) in [6.45, 7) is 4.33. The Hall–Kier alpha value is -2.81. The molecule has 0 aliphatic rings. The summed E-state index contributed by atoms with van der Waals surface area (Å²) in [5, 5.41) is 23.5. The van der Waals surface area contributed by atoms with E-state index in [1.54, 1.807) is 19.2 Å². The normalized spacial score (nSPS) is 14.2. The highest BCUT2D eigenvalue weighted by Gasteiger charge is 2.19. The number of esters is 1. The summed E-state index contributed by atoms with van der Waals surface area (Å²) in [6, 6.07) is 5.02. The number of aliphatic imine (C=N–C) groups is 1. The number of carbonyl (C=O) groups is 2. The van der Waals surface area contributed by atoms with Crippen LogP contribution in [0.25, 0.3) is 0 Å². The van der Waals surface area contributed by atoms with Crippen LogP contribution in [0.1, 0.15) is 57.9 Å². The molecule has 0 saturated carbocycles. The van der Waals surface area contributed by atoms with E-state index >= 15 is 0 Å². The molecule has 0 amide bonds. The summed E-state index contributed by atoms with van der Waals surface area (Å²) in [5.74, 6) is 0.674. The van der Waals surface area contributed by atoms with Gasteiger partial charge in [0.25, 0.3) is 0 Å². The Morgan fingerprint density at radius 1 is 1.30 bits per heavy atom. The zero-order valence-electron chi connectivity index (χ0n) is 20.0. The lowest BCUT2D eigenvalue weighted by Gasteiger charge is -2.22. The number of aromatic hydroxyl groups is 1. The number of nitrogens with two attached hydrogens (primary N) is 1. The summed E-state index contributed by atoms with van der Waals surface area (Å²) >= 11 is 0. The molecule has 1 aromatic carbocycles. The van der Waals surface area contributed by atoms with Crippen LogP contribution in [0.4, 0.5) is 0 Å². The second kappa shape index (κ2) is 15.9. The smallest absolute Gasteiger partial charge is 0.302 e. The minimum absolute atomic E-state index is 0.00328. The topological polar surface area (TPSA) is 143 Å². The molecule has 3 unspecified atom stereocenters. The largest absolute Gasteiger partial charge is 0.504 e. The fourth-order valence-electron chi connectivity index (χ4n) is 3.46. The summed E-state index contributed by atoms with van der Waals surface area (Å²) < 4.78 is 10.9. The standard InChI is InChI=1S/C24H39N3O6/c1-4-18(16-27-24(25)26-3)6-9-20(30)15-21(33-17(2)29)10-7-19-8-11-22(31)23(14-19)32-13-5-12-28/h8,11-12,14,18,20-21,30-31H,4-7,9-10,13,15-16H2,1-3H3,(H3,25,26,27). The molecule has 0 saturated heterocycles. The monoisotopic (exact) mass is 465 g/mol. The average molecular weight is 466 g/mol. The molecule has 0 aromatic heterocycles. The van der Waals surface area contributed by atoms with Gasteiger partial charge in [-0.05, 0) is 49.3 Å². The first-order valence-electron chi connectivity index (χ1n) is 11.5. The lowest BCUT2D eigenvalue weighted by atomic mass is 9.95. The van der Waals surface area contributed by atoms with E-state index in [1.165, 1.54) is 13.0 Å². The zero-order valence-corrected chi connectivity index (χ0v) is 20.0. The molecular formula is C24H39N3O6. The maximum Gasteiger partial charge on any atom is 0.302 e. The molecule has 1 aromatic rings. The number of phenolic OH excluding ortho intramolecular Hbond substituents is 1. The number of hydrogen-bond acceptors (Lipinski definition) is 7. The number of guanidine groups is 1. The minimum Gasteiger partial charge on any atom is -0.504 e. The number of nitrogens with one attached hydrogen (secondary N) is 1. The quantitative estimate of drug-likeness (QED) is 0.0957. The highest BCUT2D eigenvalue weighted by Crippen LogP contribution is 2.28. The van der Waals surface area contributed by atoms with Gasteiger partial charge in [0.1, 0.15) is 12.4 Å². The number of phenols is 1. The van der Waals surface area contributed by atoms with E-state index in [0.29, 0.717) is 49.9 Å². The Balaban J connectivity index is 2.61. The lowest BCUT2D eigenvalue weighted by Crippen LogP contribution is -2.35. The third-order valence-corrected chi connectivity index (χ3v) is 5.44. The van der Waals surface area contributed by atoms with Crippen LogP contribution in [0.5, 0.6) is 11.5 Å². The van der Waals surface area contributed by atoms with E-state index in [4.69, 9.17) is 15.2 Å². The molecule has 0 aliphatic heterocycles. The lowest BCUT2D eigenvalue weighted by molar-refractivity contribution is -0.148. The highest BCUT2D eigenvalue weighted by atomic mass is 16.5. The Kier molecular flexibility index (Phi) is 13.6. The van der Waals surface area contributed by atoms with E-state index in [2.05, 4.69) is 17.2 Å². The van der Waals surface area contributed by atoms with Gasteiger partial charge in [-0.1, -0.05) is 19.4 Å². The third-order valence-electron chi connectivity index (χ3n) is 5.44. The molecule has 0 bridgehead atoms. The SMILES string of the molecule is CCC(CCC(O)CC(CCc1ccc(O)c(OCCC=O)c1)OC(C)=O)CNC(N)=NC. The van der Waals surface area contributed by atoms with Gasteiger partial charge in [-0.15, -0.1) is 0 Å². The van der Waals surface area contributed by atoms with E-state index in [-0.39, 0.29) is 24.7 Å². The van der Waals surface area contributed by atoms with Crippen LogP contribution in [0, 0.1) is 5.92 Å². The summed E-state index contributed by atoms with van der Waals surface area (Å²) in [4.78, 5) is 25.9.